The largest absolute Gasteiger partial charge is 0.449 e. The van der Waals surface area contributed by atoms with Crippen molar-refractivity contribution in [2.45, 2.75) is 37.7 Å². The fraction of sp³-hybridized carbons (Fsp3) is 0.304. The summed E-state index contributed by atoms with van der Waals surface area (Å²) in [6.07, 6.45) is 3.32. The lowest BCUT2D eigenvalue weighted by Crippen LogP contribution is -2.35. The second-order valence-electron chi connectivity index (χ2n) is 7.23. The van der Waals surface area contributed by atoms with Crippen LogP contribution < -0.4 is 9.62 Å². The lowest BCUT2D eigenvalue weighted by molar-refractivity contribution is -0.150. The summed E-state index contributed by atoms with van der Waals surface area (Å²) in [5, 5.41) is 2.66. The van der Waals surface area contributed by atoms with E-state index >= 15 is 0 Å². The van der Waals surface area contributed by atoms with E-state index in [1.165, 1.54) is 35.5 Å². The zero-order valence-electron chi connectivity index (χ0n) is 17.6. The molecule has 0 fully saturated rings. The molecule has 1 heterocycles. The van der Waals surface area contributed by atoms with Crippen LogP contribution in [0.15, 0.2) is 59.5 Å². The zero-order chi connectivity index (χ0) is 22.4. The van der Waals surface area contributed by atoms with E-state index in [0.29, 0.717) is 30.8 Å². The van der Waals surface area contributed by atoms with Crippen LogP contribution in [0.5, 0.6) is 0 Å². The van der Waals surface area contributed by atoms with E-state index in [1.807, 2.05) is 31.2 Å². The van der Waals surface area contributed by atoms with Crippen LogP contribution >= 0.6 is 0 Å². The third-order valence-corrected chi connectivity index (χ3v) is 6.76. The van der Waals surface area contributed by atoms with Gasteiger partial charge in [-0.15, -0.1) is 0 Å². The predicted octanol–water partition coefficient (Wildman–Crippen LogP) is 2.91. The molecule has 1 aliphatic heterocycles. The quantitative estimate of drug-likeness (QED) is 0.501. The van der Waals surface area contributed by atoms with Gasteiger partial charge in [-0.3, -0.25) is 9.10 Å². The Bertz CT molecular complexity index is 1080. The van der Waals surface area contributed by atoms with Gasteiger partial charge in [0, 0.05) is 19.2 Å². The molecular weight excluding hydrogens is 416 g/mol. The lowest BCUT2D eigenvalue weighted by Gasteiger charge is -2.19. The molecule has 0 aliphatic carbocycles. The van der Waals surface area contributed by atoms with Crippen molar-refractivity contribution in [1.82, 2.24) is 5.32 Å². The van der Waals surface area contributed by atoms with Crippen LogP contribution in [0.4, 0.5) is 5.69 Å². The van der Waals surface area contributed by atoms with Crippen molar-refractivity contribution in [1.29, 1.82) is 0 Å². The number of esters is 1. The molecule has 0 unspecified atom stereocenters. The van der Waals surface area contributed by atoms with E-state index in [1.54, 1.807) is 12.1 Å². The summed E-state index contributed by atoms with van der Waals surface area (Å²) in [4.78, 5) is 23.9. The Kier molecular flexibility index (Phi) is 7.12. The van der Waals surface area contributed by atoms with Gasteiger partial charge in [0.25, 0.3) is 15.9 Å². The number of para-hydroxylation sites is 1. The summed E-state index contributed by atoms with van der Waals surface area (Å²) in [5.74, 6) is -0.994. The van der Waals surface area contributed by atoms with Crippen LogP contribution in [0.3, 0.4) is 0 Å². The second-order valence-corrected chi connectivity index (χ2v) is 9.09. The van der Waals surface area contributed by atoms with E-state index in [0.717, 1.165) is 12.0 Å². The third-order valence-electron chi connectivity index (χ3n) is 4.94. The van der Waals surface area contributed by atoms with Crippen LogP contribution in [0, 0.1) is 0 Å². The number of rotatable bonds is 8. The highest BCUT2D eigenvalue weighted by molar-refractivity contribution is 7.92. The Balaban J connectivity index is 1.64. The minimum Gasteiger partial charge on any atom is -0.449 e. The van der Waals surface area contributed by atoms with Crippen LogP contribution in [0.2, 0.25) is 0 Å². The fourth-order valence-electron chi connectivity index (χ4n) is 3.26. The molecule has 7 nitrogen and oxygen atoms in total. The van der Waals surface area contributed by atoms with Gasteiger partial charge in [-0.25, -0.2) is 13.2 Å². The van der Waals surface area contributed by atoms with Crippen molar-refractivity contribution < 1.29 is 22.7 Å². The van der Waals surface area contributed by atoms with Crippen molar-refractivity contribution in [2.75, 3.05) is 17.4 Å². The highest BCUT2D eigenvalue weighted by atomic mass is 32.2. The first-order chi connectivity index (χ1) is 14.8. The molecule has 1 N–H and O–H groups in total. The average Bonchev–Trinajstić information content (AvgIpc) is 3.21. The van der Waals surface area contributed by atoms with E-state index in [9.17, 15) is 18.0 Å². The van der Waals surface area contributed by atoms with E-state index < -0.39 is 22.1 Å². The standard InChI is InChI=1S/C23H26N2O5S/c1-3-15-24-23(27)17(2)30-22(26)13-10-18-8-11-20(12-9-18)31(28,29)25-16-14-19-6-4-5-7-21(19)25/h4-13,17H,3,14-16H2,1-2H3,(H,24,27)/b13-10-/t17-/m1/s1. The number of ether oxygens (including phenoxy) is 1. The molecule has 0 aromatic heterocycles. The predicted molar refractivity (Wildman–Crippen MR) is 119 cm³/mol. The molecule has 2 aromatic rings. The van der Waals surface area contributed by atoms with Gasteiger partial charge in [-0.05, 0) is 55.2 Å². The first-order valence-corrected chi connectivity index (χ1v) is 11.6. The highest BCUT2D eigenvalue weighted by Crippen LogP contribution is 2.32. The minimum absolute atomic E-state index is 0.185. The molecule has 1 amide bonds. The smallest absolute Gasteiger partial charge is 0.331 e. The Morgan fingerprint density at radius 2 is 1.87 bits per heavy atom. The Hall–Kier alpha value is -3.13. The molecule has 0 radical (unpaired) electrons. The van der Waals surface area contributed by atoms with Crippen molar-refractivity contribution >= 4 is 33.7 Å². The number of amides is 1. The van der Waals surface area contributed by atoms with E-state index in [-0.39, 0.29) is 10.8 Å². The number of anilines is 1. The molecule has 8 heteroatoms. The summed E-state index contributed by atoms with van der Waals surface area (Å²) in [6.45, 7) is 4.38. The number of carbonyl (C=O) groups excluding carboxylic acids is 2. The van der Waals surface area contributed by atoms with E-state index in [4.69, 9.17) is 4.74 Å². The summed E-state index contributed by atoms with van der Waals surface area (Å²) in [6, 6.07) is 13.8. The SMILES string of the molecule is CCCNC(=O)[C@@H](C)OC(=O)/C=C\c1ccc(S(=O)(=O)N2CCc3ccccc32)cc1. The molecule has 2 aromatic carbocycles. The third kappa shape index (κ3) is 5.32. The summed E-state index contributed by atoms with van der Waals surface area (Å²) >= 11 is 0. The first kappa shape index (κ1) is 22.6. The first-order valence-electron chi connectivity index (χ1n) is 10.2. The number of sulfonamides is 1. The monoisotopic (exact) mass is 442 g/mol. The van der Waals surface area contributed by atoms with Gasteiger partial charge in [0.15, 0.2) is 6.10 Å². The molecule has 0 spiro atoms. The van der Waals surface area contributed by atoms with Crippen LogP contribution in [0.25, 0.3) is 6.08 Å². The molecule has 0 saturated carbocycles. The average molecular weight is 443 g/mol. The normalized spacial score (nSPS) is 14.3. The Morgan fingerprint density at radius 3 is 2.58 bits per heavy atom. The Labute approximate surface area is 182 Å². The number of nitrogens with zero attached hydrogens (tertiary/aromatic N) is 1. The van der Waals surface area contributed by atoms with Crippen molar-refractivity contribution in [3.63, 3.8) is 0 Å². The van der Waals surface area contributed by atoms with Gasteiger partial charge in [-0.1, -0.05) is 37.3 Å². The molecule has 3 rings (SSSR count). The molecule has 31 heavy (non-hydrogen) atoms. The minimum atomic E-state index is -3.66. The Morgan fingerprint density at radius 1 is 1.16 bits per heavy atom. The summed E-state index contributed by atoms with van der Waals surface area (Å²) in [7, 11) is -3.66. The van der Waals surface area contributed by atoms with Crippen molar-refractivity contribution in [2.24, 2.45) is 0 Å². The molecular formula is C23H26N2O5S. The zero-order valence-corrected chi connectivity index (χ0v) is 18.4. The highest BCUT2D eigenvalue weighted by Gasteiger charge is 2.30. The number of benzene rings is 2. The van der Waals surface area contributed by atoms with E-state index in [2.05, 4.69) is 5.32 Å². The summed E-state index contributed by atoms with van der Waals surface area (Å²) in [5.41, 5.74) is 2.37. The number of carbonyl (C=O) groups is 2. The maximum absolute atomic E-state index is 13.0. The molecule has 0 saturated heterocycles. The fourth-order valence-corrected chi connectivity index (χ4v) is 4.76. The summed E-state index contributed by atoms with van der Waals surface area (Å²) < 4.78 is 32.6. The van der Waals surface area contributed by atoms with Crippen LogP contribution in [0.1, 0.15) is 31.4 Å². The van der Waals surface area contributed by atoms with Gasteiger partial charge < -0.3 is 10.1 Å². The second kappa shape index (κ2) is 9.78. The van der Waals surface area contributed by atoms with Crippen LogP contribution in [-0.2, 0) is 30.8 Å². The molecule has 1 aliphatic rings. The van der Waals surface area contributed by atoms with Gasteiger partial charge in [0.05, 0.1) is 10.6 Å². The van der Waals surface area contributed by atoms with Gasteiger partial charge in [0.1, 0.15) is 0 Å². The van der Waals surface area contributed by atoms with Gasteiger partial charge in [-0.2, -0.15) is 0 Å². The number of fused-ring (bicyclic) bond motifs is 1. The molecule has 164 valence electrons. The van der Waals surface area contributed by atoms with Crippen molar-refractivity contribution in [3.05, 3.63) is 65.7 Å². The van der Waals surface area contributed by atoms with Gasteiger partial charge in [0.2, 0.25) is 0 Å². The van der Waals surface area contributed by atoms with Crippen molar-refractivity contribution in [3.8, 4) is 0 Å². The number of hydrogen-bond donors (Lipinski definition) is 1. The van der Waals surface area contributed by atoms with Crippen LogP contribution in [-0.4, -0.2) is 39.5 Å². The number of nitrogens with one attached hydrogen (secondary N) is 1. The number of hydrogen-bond acceptors (Lipinski definition) is 5. The van der Waals surface area contributed by atoms with Gasteiger partial charge >= 0.3 is 5.97 Å². The topological polar surface area (TPSA) is 92.8 Å². The lowest BCUT2D eigenvalue weighted by atomic mass is 10.2. The molecule has 0 bridgehead atoms. The maximum atomic E-state index is 13.0. The molecule has 1 atom stereocenters. The maximum Gasteiger partial charge on any atom is 0.331 e.